The maximum absolute atomic E-state index is 8.78. The first-order chi connectivity index (χ1) is 4.16. The van der Waals surface area contributed by atoms with Crippen molar-refractivity contribution in [3.05, 3.63) is 23.8 Å². The Morgan fingerprint density at radius 3 is 2.44 bits per heavy atom. The molecule has 0 bridgehead atoms. The average Bonchev–Trinajstić information content (AvgIpc) is 1.83. The summed E-state index contributed by atoms with van der Waals surface area (Å²) in [5.41, 5.74) is 1.18. The lowest BCUT2D eigenvalue weighted by Gasteiger charge is -1.92. The van der Waals surface area contributed by atoms with E-state index < -0.39 is 0 Å². The van der Waals surface area contributed by atoms with E-state index in [1.165, 1.54) is 5.57 Å². The Morgan fingerprint density at radius 1 is 1.56 bits per heavy atom. The molecule has 1 heteroatoms. The van der Waals surface area contributed by atoms with Crippen LogP contribution >= 0.6 is 0 Å². The van der Waals surface area contributed by atoms with Crippen molar-refractivity contribution >= 4 is 0 Å². The van der Waals surface area contributed by atoms with Gasteiger partial charge in [0.1, 0.15) is 0 Å². The van der Waals surface area contributed by atoms with E-state index in [0.29, 0.717) is 0 Å². The van der Waals surface area contributed by atoms with Gasteiger partial charge in [0, 0.05) is 0 Å². The van der Waals surface area contributed by atoms with E-state index in [4.69, 9.17) is 5.11 Å². The number of aliphatic hydroxyl groups is 1. The fraction of sp³-hybridized carbons (Fsp3) is 0.500. The second-order valence-electron chi connectivity index (χ2n) is 2.13. The predicted molar refractivity (Wildman–Crippen MR) is 40.3 cm³/mol. The van der Waals surface area contributed by atoms with Crippen molar-refractivity contribution in [1.29, 1.82) is 0 Å². The maximum atomic E-state index is 8.78. The van der Waals surface area contributed by atoms with Gasteiger partial charge in [-0.15, -0.1) is 0 Å². The predicted octanol–water partition coefficient (Wildman–Crippen LogP) is 1.89. The van der Waals surface area contributed by atoms with Gasteiger partial charge in [0.15, 0.2) is 0 Å². The molecule has 0 fully saturated rings. The van der Waals surface area contributed by atoms with Crippen LogP contribution in [-0.4, -0.2) is 11.2 Å². The van der Waals surface area contributed by atoms with Crippen LogP contribution in [0.5, 0.6) is 0 Å². The molecule has 0 amide bonds. The molecule has 1 unspecified atom stereocenters. The van der Waals surface area contributed by atoms with Crippen LogP contribution in [0.15, 0.2) is 23.8 Å². The first-order valence-electron chi connectivity index (χ1n) is 3.16. The molecule has 0 spiro atoms. The maximum Gasteiger partial charge on any atom is 0.0695 e. The second kappa shape index (κ2) is 4.33. The number of aliphatic hydroxyl groups excluding tert-OH is 1. The summed E-state index contributed by atoms with van der Waals surface area (Å²) in [5.74, 6) is 0. The number of hydrogen-bond donors (Lipinski definition) is 1. The fourth-order valence-electron chi connectivity index (χ4n) is 0.387. The van der Waals surface area contributed by atoms with Gasteiger partial charge in [-0.2, -0.15) is 0 Å². The highest BCUT2D eigenvalue weighted by Crippen LogP contribution is 1.94. The Balaban J connectivity index is 3.71. The molecule has 9 heavy (non-hydrogen) atoms. The molecule has 0 aliphatic rings. The van der Waals surface area contributed by atoms with Gasteiger partial charge in [-0.05, 0) is 20.8 Å². The summed E-state index contributed by atoms with van der Waals surface area (Å²) >= 11 is 0. The zero-order valence-corrected chi connectivity index (χ0v) is 6.26. The fourth-order valence-corrected chi connectivity index (χ4v) is 0.387. The molecular formula is C8H14O. The molecule has 0 aromatic carbocycles. The van der Waals surface area contributed by atoms with E-state index >= 15 is 0 Å². The van der Waals surface area contributed by atoms with Gasteiger partial charge in [-0.3, -0.25) is 0 Å². The van der Waals surface area contributed by atoms with Gasteiger partial charge in [0.2, 0.25) is 0 Å². The molecule has 0 heterocycles. The summed E-state index contributed by atoms with van der Waals surface area (Å²) in [6.07, 6.45) is 5.33. The van der Waals surface area contributed by atoms with Crippen molar-refractivity contribution in [3.8, 4) is 0 Å². The standard InChI is InChI=1S/C8H14O/c1-4-7(2)5-6-8(3)9/h4-6,8-9H,1-3H3. The minimum Gasteiger partial charge on any atom is -0.389 e. The molecular weight excluding hydrogens is 112 g/mol. The van der Waals surface area contributed by atoms with Crippen LogP contribution in [0.25, 0.3) is 0 Å². The van der Waals surface area contributed by atoms with Crippen LogP contribution in [-0.2, 0) is 0 Å². The largest absolute Gasteiger partial charge is 0.389 e. The lowest BCUT2D eigenvalue weighted by Crippen LogP contribution is -1.91. The monoisotopic (exact) mass is 126 g/mol. The van der Waals surface area contributed by atoms with Crippen molar-refractivity contribution in [1.82, 2.24) is 0 Å². The molecule has 0 radical (unpaired) electrons. The van der Waals surface area contributed by atoms with Crippen LogP contribution in [0.2, 0.25) is 0 Å². The molecule has 0 aliphatic heterocycles. The summed E-state index contributed by atoms with van der Waals surface area (Å²) < 4.78 is 0. The average molecular weight is 126 g/mol. The summed E-state index contributed by atoms with van der Waals surface area (Å²) in [6.45, 7) is 5.71. The van der Waals surface area contributed by atoms with Crippen molar-refractivity contribution in [2.24, 2.45) is 0 Å². The highest BCUT2D eigenvalue weighted by atomic mass is 16.3. The highest BCUT2D eigenvalue weighted by Gasteiger charge is 1.83. The molecule has 1 atom stereocenters. The number of allylic oxidation sites excluding steroid dienone is 3. The molecule has 1 nitrogen and oxygen atoms in total. The topological polar surface area (TPSA) is 20.2 Å². The Morgan fingerprint density at radius 2 is 2.11 bits per heavy atom. The Hall–Kier alpha value is -0.560. The van der Waals surface area contributed by atoms with Crippen molar-refractivity contribution in [2.45, 2.75) is 26.9 Å². The van der Waals surface area contributed by atoms with Gasteiger partial charge in [0.25, 0.3) is 0 Å². The zero-order valence-electron chi connectivity index (χ0n) is 6.26. The first-order valence-corrected chi connectivity index (χ1v) is 3.16. The van der Waals surface area contributed by atoms with E-state index in [0.717, 1.165) is 0 Å². The minimum absolute atomic E-state index is 0.333. The van der Waals surface area contributed by atoms with Gasteiger partial charge < -0.3 is 5.11 Å². The minimum atomic E-state index is -0.333. The van der Waals surface area contributed by atoms with E-state index in [1.54, 1.807) is 13.0 Å². The third-order valence-electron chi connectivity index (χ3n) is 1.09. The smallest absolute Gasteiger partial charge is 0.0695 e. The summed E-state index contributed by atoms with van der Waals surface area (Å²) in [5, 5.41) is 8.78. The van der Waals surface area contributed by atoms with E-state index in [9.17, 15) is 0 Å². The Kier molecular flexibility index (Phi) is 4.06. The first kappa shape index (κ1) is 8.44. The van der Waals surface area contributed by atoms with Gasteiger partial charge >= 0.3 is 0 Å². The van der Waals surface area contributed by atoms with E-state index in [2.05, 4.69) is 0 Å². The molecule has 0 aromatic heterocycles. The molecule has 0 aromatic rings. The van der Waals surface area contributed by atoms with E-state index in [-0.39, 0.29) is 6.10 Å². The molecule has 1 N–H and O–H groups in total. The summed E-state index contributed by atoms with van der Waals surface area (Å²) in [7, 11) is 0. The molecule has 0 aliphatic carbocycles. The number of hydrogen-bond acceptors (Lipinski definition) is 1. The van der Waals surface area contributed by atoms with Crippen molar-refractivity contribution < 1.29 is 5.11 Å². The normalized spacial score (nSPS) is 16.7. The van der Waals surface area contributed by atoms with E-state index in [1.807, 2.05) is 26.0 Å². The Labute approximate surface area is 56.7 Å². The van der Waals surface area contributed by atoms with Crippen LogP contribution in [0.4, 0.5) is 0 Å². The molecule has 0 saturated carbocycles. The SMILES string of the molecule is CC=C(C)C=CC(C)O. The highest BCUT2D eigenvalue weighted by molar-refractivity contribution is 5.15. The lowest BCUT2D eigenvalue weighted by atomic mass is 10.2. The van der Waals surface area contributed by atoms with Gasteiger partial charge in [-0.25, -0.2) is 0 Å². The zero-order chi connectivity index (χ0) is 7.28. The lowest BCUT2D eigenvalue weighted by molar-refractivity contribution is 0.244. The van der Waals surface area contributed by atoms with Crippen LogP contribution in [0.3, 0.4) is 0 Å². The van der Waals surface area contributed by atoms with Crippen LogP contribution < -0.4 is 0 Å². The molecule has 0 saturated heterocycles. The Bertz CT molecular complexity index is 121. The second-order valence-corrected chi connectivity index (χ2v) is 2.13. The van der Waals surface area contributed by atoms with Crippen LogP contribution in [0, 0.1) is 0 Å². The van der Waals surface area contributed by atoms with Gasteiger partial charge in [-0.1, -0.05) is 23.8 Å². The van der Waals surface area contributed by atoms with Crippen LogP contribution in [0.1, 0.15) is 20.8 Å². The van der Waals surface area contributed by atoms with Crippen molar-refractivity contribution in [3.63, 3.8) is 0 Å². The molecule has 52 valence electrons. The molecule has 0 rings (SSSR count). The quantitative estimate of drug-likeness (QED) is 0.560. The van der Waals surface area contributed by atoms with Crippen molar-refractivity contribution in [2.75, 3.05) is 0 Å². The van der Waals surface area contributed by atoms with Gasteiger partial charge in [0.05, 0.1) is 6.10 Å². The third-order valence-corrected chi connectivity index (χ3v) is 1.09. The summed E-state index contributed by atoms with van der Waals surface area (Å²) in [4.78, 5) is 0. The number of rotatable bonds is 2. The third kappa shape index (κ3) is 5.31. The summed E-state index contributed by atoms with van der Waals surface area (Å²) in [6, 6.07) is 0.